The van der Waals surface area contributed by atoms with Gasteiger partial charge in [-0.05, 0) is 30.3 Å². The van der Waals surface area contributed by atoms with Crippen molar-refractivity contribution in [2.24, 2.45) is 5.10 Å². The molecule has 2 aromatic rings. The Labute approximate surface area is 135 Å². The van der Waals surface area contributed by atoms with Crippen molar-refractivity contribution in [3.05, 3.63) is 62.6 Å². The van der Waals surface area contributed by atoms with Gasteiger partial charge >= 0.3 is 0 Å². The maximum Gasteiger partial charge on any atom is 0.0731 e. The molecule has 0 aliphatic carbocycles. The summed E-state index contributed by atoms with van der Waals surface area (Å²) in [5, 5.41) is 15.9. The van der Waals surface area contributed by atoms with Crippen LogP contribution in [-0.4, -0.2) is 12.2 Å². The van der Waals surface area contributed by atoms with Crippen molar-refractivity contribution in [2.45, 2.75) is 0 Å². The number of anilines is 1. The monoisotopic (exact) mass is 341 g/mol. The van der Waals surface area contributed by atoms with Crippen LogP contribution in [0.2, 0.25) is 15.1 Å². The Hall–Kier alpha value is -1.75. The average Bonchev–Trinajstić information content (AvgIpc) is 2.42. The highest BCUT2D eigenvalue weighted by molar-refractivity contribution is 6.36. The van der Waals surface area contributed by atoms with Crippen LogP contribution in [0, 0.1) is 0 Å². The smallest absolute Gasteiger partial charge is 0.0731 e. The summed E-state index contributed by atoms with van der Waals surface area (Å²) in [5.41, 5.74) is 3.70. The predicted molar refractivity (Wildman–Crippen MR) is 83.5 cm³/mol. The van der Waals surface area contributed by atoms with E-state index in [1.807, 2.05) is 0 Å². The number of rotatable bonds is 4. The molecule has 0 fully saturated rings. The number of carboxylic acids is 1. The third-order valence-corrected chi connectivity index (χ3v) is 3.44. The highest BCUT2D eigenvalue weighted by Gasteiger charge is 2.02. The normalized spacial score (nSPS) is 10.8. The van der Waals surface area contributed by atoms with Gasteiger partial charge in [-0.25, -0.2) is 0 Å². The van der Waals surface area contributed by atoms with Crippen molar-refractivity contribution in [1.82, 2.24) is 0 Å². The molecule has 0 radical (unpaired) electrons. The fourth-order valence-electron chi connectivity index (χ4n) is 1.53. The van der Waals surface area contributed by atoms with Crippen molar-refractivity contribution < 1.29 is 9.90 Å². The van der Waals surface area contributed by atoms with Crippen LogP contribution in [0.3, 0.4) is 0 Å². The summed E-state index contributed by atoms with van der Waals surface area (Å²) in [4.78, 5) is 10.9. The second-order valence-electron chi connectivity index (χ2n) is 4.02. The van der Waals surface area contributed by atoms with Crippen molar-refractivity contribution in [2.75, 3.05) is 5.43 Å². The van der Waals surface area contributed by atoms with E-state index in [9.17, 15) is 9.90 Å². The number of aromatic carboxylic acids is 1. The molecule has 7 heteroatoms. The molecule has 4 nitrogen and oxygen atoms in total. The minimum Gasteiger partial charge on any atom is -0.545 e. The lowest BCUT2D eigenvalue weighted by molar-refractivity contribution is -0.255. The molecule has 0 unspecified atom stereocenters. The molecule has 0 saturated heterocycles. The molecule has 0 spiro atoms. The summed E-state index contributed by atoms with van der Waals surface area (Å²) in [7, 11) is 0. The zero-order valence-corrected chi connectivity index (χ0v) is 12.7. The lowest BCUT2D eigenvalue weighted by Crippen LogP contribution is -2.22. The molecule has 0 aromatic heterocycles. The second-order valence-corrected chi connectivity index (χ2v) is 5.27. The SMILES string of the molecule is O=C([O-])c1cc(N/N=C\c2ccc(Cl)cc2Cl)ccc1Cl. The summed E-state index contributed by atoms with van der Waals surface area (Å²) in [6.07, 6.45) is 1.49. The van der Waals surface area contributed by atoms with Crippen molar-refractivity contribution in [1.29, 1.82) is 0 Å². The van der Waals surface area contributed by atoms with Gasteiger partial charge in [0.25, 0.3) is 0 Å². The molecule has 0 bridgehead atoms. The first kappa shape index (κ1) is 15.6. The largest absolute Gasteiger partial charge is 0.545 e. The van der Waals surface area contributed by atoms with Crippen molar-refractivity contribution >= 4 is 52.7 Å². The van der Waals surface area contributed by atoms with E-state index >= 15 is 0 Å². The first-order chi connectivity index (χ1) is 9.97. The molecule has 0 aliphatic heterocycles. The van der Waals surface area contributed by atoms with Gasteiger partial charge in [-0.1, -0.05) is 40.9 Å². The average molecular weight is 343 g/mol. The molecule has 0 atom stereocenters. The van der Waals surface area contributed by atoms with Crippen LogP contribution in [-0.2, 0) is 0 Å². The lowest BCUT2D eigenvalue weighted by atomic mass is 10.2. The molecule has 2 aromatic carbocycles. The van der Waals surface area contributed by atoms with Gasteiger partial charge in [0.15, 0.2) is 0 Å². The van der Waals surface area contributed by atoms with Crippen LogP contribution < -0.4 is 10.5 Å². The molecular weight excluding hydrogens is 335 g/mol. The predicted octanol–water partition coefficient (Wildman–Crippen LogP) is 3.46. The topological polar surface area (TPSA) is 64.5 Å². The fraction of sp³-hybridized carbons (Fsp3) is 0. The zero-order valence-electron chi connectivity index (χ0n) is 10.4. The van der Waals surface area contributed by atoms with Gasteiger partial charge in [-0.15, -0.1) is 0 Å². The third kappa shape index (κ3) is 4.11. The minimum absolute atomic E-state index is 0.102. The number of hydrogen-bond donors (Lipinski definition) is 1. The van der Waals surface area contributed by atoms with E-state index < -0.39 is 5.97 Å². The summed E-state index contributed by atoms with van der Waals surface area (Å²) < 4.78 is 0. The highest BCUT2D eigenvalue weighted by atomic mass is 35.5. The van der Waals surface area contributed by atoms with Crippen LogP contribution in [0.1, 0.15) is 15.9 Å². The van der Waals surface area contributed by atoms with Crippen LogP contribution >= 0.6 is 34.8 Å². The minimum atomic E-state index is -1.35. The molecule has 0 amide bonds. The van der Waals surface area contributed by atoms with Gasteiger partial charge in [0.2, 0.25) is 0 Å². The summed E-state index contributed by atoms with van der Waals surface area (Å²) in [5.74, 6) is -1.35. The van der Waals surface area contributed by atoms with E-state index in [-0.39, 0.29) is 10.6 Å². The van der Waals surface area contributed by atoms with Gasteiger partial charge in [0.05, 0.1) is 22.9 Å². The van der Waals surface area contributed by atoms with E-state index in [1.54, 1.807) is 24.3 Å². The van der Waals surface area contributed by atoms with Gasteiger partial charge in [-0.3, -0.25) is 5.43 Å². The van der Waals surface area contributed by atoms with E-state index in [0.29, 0.717) is 21.3 Å². The Morgan fingerprint density at radius 1 is 1.10 bits per heavy atom. The van der Waals surface area contributed by atoms with Crippen LogP contribution in [0.25, 0.3) is 0 Å². The molecule has 0 heterocycles. The number of halogens is 3. The summed E-state index contributed by atoms with van der Waals surface area (Å²) in [6, 6.07) is 9.37. The molecule has 1 N–H and O–H groups in total. The number of carboxylic acid groups (broad SMARTS) is 1. The standard InChI is InChI=1S/C14H9Cl3N2O2/c15-9-2-1-8(13(17)5-9)7-18-19-10-3-4-12(16)11(6-10)14(20)21/h1-7,19H,(H,20,21)/p-1/b18-7-. The maximum absolute atomic E-state index is 10.9. The summed E-state index contributed by atoms with van der Waals surface area (Å²) in [6.45, 7) is 0. The Morgan fingerprint density at radius 3 is 2.52 bits per heavy atom. The third-order valence-electron chi connectivity index (χ3n) is 2.55. The quantitative estimate of drug-likeness (QED) is 0.683. The number of benzene rings is 2. The van der Waals surface area contributed by atoms with Crippen LogP contribution in [0.4, 0.5) is 5.69 Å². The molecule has 21 heavy (non-hydrogen) atoms. The van der Waals surface area contributed by atoms with Crippen molar-refractivity contribution in [3.8, 4) is 0 Å². The Balaban J connectivity index is 2.14. The van der Waals surface area contributed by atoms with Crippen molar-refractivity contribution in [3.63, 3.8) is 0 Å². The van der Waals surface area contributed by atoms with Gasteiger partial charge in [0, 0.05) is 21.2 Å². The van der Waals surface area contributed by atoms with E-state index in [1.165, 1.54) is 18.3 Å². The van der Waals surface area contributed by atoms with E-state index in [2.05, 4.69) is 10.5 Å². The number of nitrogens with one attached hydrogen (secondary N) is 1. The Morgan fingerprint density at radius 2 is 1.86 bits per heavy atom. The van der Waals surface area contributed by atoms with Gasteiger partial charge < -0.3 is 9.90 Å². The fourth-order valence-corrected chi connectivity index (χ4v) is 2.19. The number of carbonyl (C=O) groups is 1. The second kappa shape index (κ2) is 6.80. The van der Waals surface area contributed by atoms with E-state index in [4.69, 9.17) is 34.8 Å². The van der Waals surface area contributed by atoms with Crippen LogP contribution in [0.15, 0.2) is 41.5 Å². The van der Waals surface area contributed by atoms with Crippen LogP contribution in [0.5, 0.6) is 0 Å². The molecule has 0 aliphatic rings. The first-order valence-electron chi connectivity index (χ1n) is 5.72. The number of hydrazone groups is 1. The zero-order chi connectivity index (χ0) is 15.4. The molecule has 0 saturated carbocycles. The first-order valence-corrected chi connectivity index (χ1v) is 6.86. The molecular formula is C14H8Cl3N2O2-. The lowest BCUT2D eigenvalue weighted by Gasteiger charge is -2.07. The number of carbonyl (C=O) groups excluding carboxylic acids is 1. The highest BCUT2D eigenvalue weighted by Crippen LogP contribution is 2.21. The number of hydrogen-bond acceptors (Lipinski definition) is 4. The number of nitrogens with zero attached hydrogens (tertiary/aromatic N) is 1. The maximum atomic E-state index is 10.9. The van der Waals surface area contributed by atoms with E-state index in [0.717, 1.165) is 0 Å². The molecule has 2 rings (SSSR count). The molecule has 108 valence electrons. The Bertz CT molecular complexity index is 717. The van der Waals surface area contributed by atoms with Gasteiger partial charge in [-0.2, -0.15) is 5.10 Å². The summed E-state index contributed by atoms with van der Waals surface area (Å²) >= 11 is 17.5. The Kier molecular flexibility index (Phi) is 5.07. The van der Waals surface area contributed by atoms with Gasteiger partial charge in [0.1, 0.15) is 0 Å².